The van der Waals surface area contributed by atoms with Crippen molar-refractivity contribution in [3.8, 4) is 5.75 Å². The Morgan fingerprint density at radius 1 is 0.978 bits per heavy atom. The van der Waals surface area contributed by atoms with Gasteiger partial charge in [-0.05, 0) is 48.9 Å². The Labute approximate surface area is 274 Å². The Morgan fingerprint density at radius 2 is 1.61 bits per heavy atom. The smallest absolute Gasteiger partial charge is 0.338 e. The fourth-order valence-electron chi connectivity index (χ4n) is 5.03. The van der Waals surface area contributed by atoms with Gasteiger partial charge in [0, 0.05) is 7.11 Å². The number of rotatable bonds is 19. The first-order valence-corrected chi connectivity index (χ1v) is 16.6. The van der Waals surface area contributed by atoms with E-state index in [2.05, 4.69) is 17.6 Å². The molecule has 0 aliphatic carbocycles. The number of hydrogen-bond acceptors (Lipinski definition) is 9. The van der Waals surface area contributed by atoms with Crippen molar-refractivity contribution >= 4 is 17.8 Å². The van der Waals surface area contributed by atoms with Crippen LogP contribution in [0.5, 0.6) is 5.75 Å². The summed E-state index contributed by atoms with van der Waals surface area (Å²) >= 11 is 0. The highest BCUT2D eigenvalue weighted by atomic mass is 16.5. The molecule has 1 aromatic rings. The van der Waals surface area contributed by atoms with Crippen molar-refractivity contribution in [1.82, 2.24) is 10.6 Å². The van der Waals surface area contributed by atoms with Crippen molar-refractivity contribution in [2.75, 3.05) is 20.3 Å². The number of amides is 2. The number of methoxy groups -OCH3 is 1. The first kappa shape index (κ1) is 39.2. The number of nitrogens with one attached hydrogen (secondary N) is 2. The van der Waals surface area contributed by atoms with Crippen LogP contribution >= 0.6 is 0 Å². The summed E-state index contributed by atoms with van der Waals surface area (Å²) in [4.78, 5) is 38.4. The molecular formula is C35H56N2O9. The number of esters is 1. The van der Waals surface area contributed by atoms with Gasteiger partial charge in [0.2, 0.25) is 5.91 Å². The summed E-state index contributed by atoms with van der Waals surface area (Å²) in [6.07, 6.45) is 6.15. The molecule has 46 heavy (non-hydrogen) atoms. The molecule has 0 radical (unpaired) electrons. The molecule has 0 saturated carbocycles. The second kappa shape index (κ2) is 20.3. The van der Waals surface area contributed by atoms with Gasteiger partial charge >= 0.3 is 5.97 Å². The zero-order chi connectivity index (χ0) is 34.1. The molecule has 6 atom stereocenters. The topological polar surface area (TPSA) is 164 Å². The predicted molar refractivity (Wildman–Crippen MR) is 175 cm³/mol. The highest BCUT2D eigenvalue weighted by Gasteiger charge is 2.37. The molecule has 11 nitrogen and oxygen atoms in total. The molecule has 1 fully saturated rings. The van der Waals surface area contributed by atoms with E-state index in [1.807, 2.05) is 20.8 Å². The lowest BCUT2D eigenvalue weighted by Gasteiger charge is -2.28. The Balaban J connectivity index is 1.81. The average Bonchev–Trinajstić information content (AvgIpc) is 3.19. The summed E-state index contributed by atoms with van der Waals surface area (Å²) in [6, 6.07) is 5.77. The zero-order valence-corrected chi connectivity index (χ0v) is 28.2. The van der Waals surface area contributed by atoms with Gasteiger partial charge in [0.15, 0.2) is 6.10 Å². The Bertz CT molecular complexity index is 1090. The Morgan fingerprint density at radius 3 is 2.22 bits per heavy atom. The van der Waals surface area contributed by atoms with E-state index in [9.17, 15) is 29.7 Å². The predicted octanol–water partition coefficient (Wildman–Crippen LogP) is 3.83. The molecule has 5 N–H and O–H groups in total. The molecule has 0 spiro atoms. The van der Waals surface area contributed by atoms with Crippen molar-refractivity contribution < 1.29 is 43.9 Å². The van der Waals surface area contributed by atoms with Gasteiger partial charge in [0.05, 0.1) is 18.7 Å². The normalized spacial score (nSPS) is 19.9. The molecule has 260 valence electrons. The van der Waals surface area contributed by atoms with Crippen LogP contribution in [0.25, 0.3) is 0 Å². The third-order valence-corrected chi connectivity index (χ3v) is 7.86. The van der Waals surface area contributed by atoms with E-state index in [1.165, 1.54) is 51.7 Å². The van der Waals surface area contributed by atoms with Crippen LogP contribution in [0.3, 0.4) is 0 Å². The standard InChI is InChI=1S/C35H56N2O9/c1-6-7-8-9-10-11-12-13-22-45-25-16-14-24(15-17-25)34(43)46-26-18-19-27(32(41)36-23-26)37-33(42)31(44-5)30(40)29(39)28(38)20-21-35(2,3)4/h14-17,20-21,26-31,38-40H,6-13,18-19,22-23H2,1-5H3,(H,36,41)(H,37,42). The van der Waals surface area contributed by atoms with E-state index in [0.29, 0.717) is 17.9 Å². The molecule has 1 aliphatic rings. The minimum Gasteiger partial charge on any atom is -0.494 e. The minimum atomic E-state index is -1.77. The molecule has 11 heteroatoms. The number of carbonyl (C=O) groups excluding carboxylic acids is 3. The lowest BCUT2D eigenvalue weighted by Crippen LogP contribution is -2.55. The molecular weight excluding hydrogens is 592 g/mol. The van der Waals surface area contributed by atoms with E-state index < -0.39 is 54.3 Å². The summed E-state index contributed by atoms with van der Waals surface area (Å²) in [5.74, 6) is -1.17. The molecule has 2 amide bonds. The summed E-state index contributed by atoms with van der Waals surface area (Å²) in [6.45, 7) is 8.62. The second-order valence-electron chi connectivity index (χ2n) is 13.1. The van der Waals surface area contributed by atoms with Crippen LogP contribution in [0.1, 0.15) is 102 Å². The fraction of sp³-hybridized carbons (Fsp3) is 0.686. The van der Waals surface area contributed by atoms with Gasteiger partial charge in [0.1, 0.15) is 36.2 Å². The van der Waals surface area contributed by atoms with Crippen molar-refractivity contribution in [3.05, 3.63) is 42.0 Å². The van der Waals surface area contributed by atoms with Gasteiger partial charge in [0.25, 0.3) is 5.91 Å². The number of allylic oxidation sites excluding steroid dienone is 1. The second-order valence-corrected chi connectivity index (χ2v) is 13.1. The maximum Gasteiger partial charge on any atom is 0.338 e. The molecule has 6 unspecified atom stereocenters. The minimum absolute atomic E-state index is 0.0676. The van der Waals surface area contributed by atoms with Gasteiger partial charge in [-0.25, -0.2) is 4.79 Å². The average molecular weight is 649 g/mol. The lowest BCUT2D eigenvalue weighted by atomic mass is 9.94. The molecule has 0 aromatic heterocycles. The Hall–Kier alpha value is -2.99. The van der Waals surface area contributed by atoms with E-state index in [-0.39, 0.29) is 24.8 Å². The number of benzene rings is 1. The summed E-state index contributed by atoms with van der Waals surface area (Å²) < 4.78 is 16.6. The molecule has 1 aliphatic heterocycles. The fourth-order valence-corrected chi connectivity index (χ4v) is 5.03. The van der Waals surface area contributed by atoms with Crippen molar-refractivity contribution in [3.63, 3.8) is 0 Å². The number of unbranched alkanes of at least 4 members (excludes halogenated alkanes) is 7. The Kier molecular flexibility index (Phi) is 17.3. The number of aliphatic hydroxyl groups excluding tert-OH is 3. The third kappa shape index (κ3) is 14.2. The van der Waals surface area contributed by atoms with Gasteiger partial charge in [-0.15, -0.1) is 0 Å². The van der Waals surface area contributed by atoms with Gasteiger partial charge in [-0.2, -0.15) is 0 Å². The molecule has 2 rings (SSSR count). The van der Waals surface area contributed by atoms with Crippen molar-refractivity contribution in [2.24, 2.45) is 5.41 Å². The van der Waals surface area contributed by atoms with E-state index in [0.717, 1.165) is 12.8 Å². The van der Waals surface area contributed by atoms with Crippen LogP contribution in [0.2, 0.25) is 0 Å². The molecule has 1 saturated heterocycles. The van der Waals surface area contributed by atoms with Crippen molar-refractivity contribution in [1.29, 1.82) is 0 Å². The van der Waals surface area contributed by atoms with Crippen molar-refractivity contribution in [2.45, 2.75) is 128 Å². The molecule has 0 bridgehead atoms. The summed E-state index contributed by atoms with van der Waals surface area (Å²) in [5, 5.41) is 36.5. The van der Waals surface area contributed by atoms with E-state index in [4.69, 9.17) is 14.2 Å². The van der Waals surface area contributed by atoms with Crippen LogP contribution in [0.4, 0.5) is 0 Å². The number of carbonyl (C=O) groups is 3. The third-order valence-electron chi connectivity index (χ3n) is 7.86. The van der Waals surface area contributed by atoms with Crippen LogP contribution in [-0.2, 0) is 19.1 Å². The molecule has 1 aromatic carbocycles. The lowest BCUT2D eigenvalue weighted by molar-refractivity contribution is -0.150. The van der Waals surface area contributed by atoms with Gasteiger partial charge < -0.3 is 40.2 Å². The SMILES string of the molecule is CCCCCCCCCCOc1ccc(C(=O)OC2CCC(NC(=O)C(OC)C(O)C(O)C(O)C=CC(C)(C)C)C(=O)NC2)cc1. The number of ether oxygens (including phenoxy) is 3. The van der Waals surface area contributed by atoms with Gasteiger partial charge in [-0.1, -0.05) is 84.8 Å². The highest BCUT2D eigenvalue weighted by Crippen LogP contribution is 2.19. The van der Waals surface area contributed by atoms with Gasteiger partial charge in [-0.3, -0.25) is 9.59 Å². The van der Waals surface area contributed by atoms with Crippen LogP contribution in [-0.4, -0.2) is 89.9 Å². The van der Waals surface area contributed by atoms with Crippen LogP contribution in [0.15, 0.2) is 36.4 Å². The first-order chi connectivity index (χ1) is 21.9. The monoisotopic (exact) mass is 648 g/mol. The summed E-state index contributed by atoms with van der Waals surface area (Å²) in [7, 11) is 1.18. The number of hydrogen-bond donors (Lipinski definition) is 5. The summed E-state index contributed by atoms with van der Waals surface area (Å²) in [5.41, 5.74) is 0.0870. The first-order valence-electron chi connectivity index (χ1n) is 16.6. The van der Waals surface area contributed by atoms with Crippen LogP contribution < -0.4 is 15.4 Å². The highest BCUT2D eigenvalue weighted by molar-refractivity contribution is 5.91. The van der Waals surface area contributed by atoms with E-state index in [1.54, 1.807) is 30.3 Å². The van der Waals surface area contributed by atoms with E-state index >= 15 is 0 Å². The number of aliphatic hydroxyl groups is 3. The molecule has 1 heterocycles. The largest absolute Gasteiger partial charge is 0.494 e. The quantitative estimate of drug-likeness (QED) is 0.0852. The zero-order valence-electron chi connectivity index (χ0n) is 28.2. The maximum atomic E-state index is 12.9. The maximum absolute atomic E-state index is 12.9. The van der Waals surface area contributed by atoms with Crippen LogP contribution in [0, 0.1) is 5.41 Å².